The molecule has 4 aromatic rings. The Morgan fingerprint density at radius 2 is 1.48 bits per heavy atom. The zero-order valence-corrected chi connectivity index (χ0v) is 19.2. The fourth-order valence-corrected chi connectivity index (χ4v) is 3.96. The molecule has 2 heterocycles. The van der Waals surface area contributed by atoms with Gasteiger partial charge < -0.3 is 25.3 Å². The Labute approximate surface area is 192 Å². The van der Waals surface area contributed by atoms with Gasteiger partial charge in [0.1, 0.15) is 11.6 Å². The number of rotatable bonds is 7. The quantitative estimate of drug-likeness (QED) is 0.338. The minimum Gasteiger partial charge on any atom is -0.444 e. The molecule has 0 aliphatic heterocycles. The smallest absolute Gasteiger partial charge is 0.408 e. The van der Waals surface area contributed by atoms with E-state index in [0.717, 1.165) is 32.9 Å². The summed E-state index contributed by atoms with van der Waals surface area (Å²) in [7, 11) is 0. The zero-order valence-electron chi connectivity index (χ0n) is 19.2. The van der Waals surface area contributed by atoms with Crippen LogP contribution in [0.25, 0.3) is 21.8 Å². The van der Waals surface area contributed by atoms with Crippen molar-refractivity contribution >= 4 is 33.8 Å². The molecule has 0 saturated heterocycles. The average Bonchev–Trinajstić information content (AvgIpc) is 3.36. The third kappa shape index (κ3) is 5.55. The maximum Gasteiger partial charge on any atom is 0.408 e. The Hall–Kier alpha value is -3.74. The molecule has 172 valence electrons. The number of aromatic nitrogens is 2. The van der Waals surface area contributed by atoms with E-state index >= 15 is 0 Å². The SMILES string of the molecule is CC(C)(C)OC(=O)N[C@H](Cc1c[nH]c2ccccc12)C(=O)NCCc1c[nH]c2ccccc12. The topological polar surface area (TPSA) is 99.0 Å². The number of carbonyl (C=O) groups is 2. The molecule has 0 spiro atoms. The molecule has 0 unspecified atom stereocenters. The van der Waals surface area contributed by atoms with Crippen molar-refractivity contribution in [1.82, 2.24) is 20.6 Å². The van der Waals surface area contributed by atoms with Crippen molar-refractivity contribution in [2.24, 2.45) is 0 Å². The summed E-state index contributed by atoms with van der Waals surface area (Å²) in [6.45, 7) is 5.84. The van der Waals surface area contributed by atoms with Crippen LogP contribution in [-0.4, -0.2) is 40.2 Å². The second kappa shape index (κ2) is 9.40. The number of alkyl carbamates (subject to hydrolysis) is 1. The first-order valence-electron chi connectivity index (χ1n) is 11.2. The summed E-state index contributed by atoms with van der Waals surface area (Å²) in [6.07, 6.45) is 4.27. The van der Waals surface area contributed by atoms with Gasteiger partial charge in [0.25, 0.3) is 0 Å². The number of nitrogens with one attached hydrogen (secondary N) is 4. The zero-order chi connectivity index (χ0) is 23.4. The summed E-state index contributed by atoms with van der Waals surface area (Å²) in [5.41, 5.74) is 3.50. The number of amides is 2. The monoisotopic (exact) mass is 446 g/mol. The van der Waals surface area contributed by atoms with Gasteiger partial charge in [-0.1, -0.05) is 36.4 Å². The van der Waals surface area contributed by atoms with Crippen LogP contribution in [0.5, 0.6) is 0 Å². The number of hydrogen-bond acceptors (Lipinski definition) is 3. The minimum absolute atomic E-state index is 0.244. The predicted octanol–water partition coefficient (Wildman–Crippen LogP) is 4.44. The van der Waals surface area contributed by atoms with Crippen molar-refractivity contribution in [3.8, 4) is 0 Å². The fraction of sp³-hybridized carbons (Fsp3) is 0.308. The third-order valence-electron chi connectivity index (χ3n) is 5.47. The van der Waals surface area contributed by atoms with Crippen molar-refractivity contribution in [1.29, 1.82) is 0 Å². The summed E-state index contributed by atoms with van der Waals surface area (Å²) in [5.74, 6) is -0.244. The van der Waals surface area contributed by atoms with E-state index in [2.05, 4.69) is 26.7 Å². The summed E-state index contributed by atoms with van der Waals surface area (Å²) in [5, 5.41) is 7.91. The molecule has 0 radical (unpaired) electrons. The molecule has 7 nitrogen and oxygen atoms in total. The van der Waals surface area contributed by atoms with Gasteiger partial charge in [-0.25, -0.2) is 4.79 Å². The number of para-hydroxylation sites is 2. The molecular weight excluding hydrogens is 416 g/mol. The highest BCUT2D eigenvalue weighted by Gasteiger charge is 2.25. The molecule has 7 heteroatoms. The lowest BCUT2D eigenvalue weighted by Gasteiger charge is -2.23. The molecule has 0 aliphatic rings. The fourth-order valence-electron chi connectivity index (χ4n) is 3.96. The van der Waals surface area contributed by atoms with E-state index in [0.29, 0.717) is 19.4 Å². The summed E-state index contributed by atoms with van der Waals surface area (Å²) in [6, 6.07) is 15.2. The third-order valence-corrected chi connectivity index (χ3v) is 5.47. The van der Waals surface area contributed by atoms with E-state index in [1.165, 1.54) is 0 Å². The van der Waals surface area contributed by atoms with E-state index in [9.17, 15) is 9.59 Å². The van der Waals surface area contributed by atoms with Crippen molar-refractivity contribution in [2.45, 2.75) is 45.3 Å². The molecule has 2 aromatic carbocycles. The van der Waals surface area contributed by atoms with Crippen LogP contribution < -0.4 is 10.6 Å². The Morgan fingerprint density at radius 3 is 2.12 bits per heavy atom. The van der Waals surface area contributed by atoms with Crippen LogP contribution in [0.15, 0.2) is 60.9 Å². The highest BCUT2D eigenvalue weighted by atomic mass is 16.6. The van der Waals surface area contributed by atoms with Gasteiger partial charge in [-0.15, -0.1) is 0 Å². The van der Waals surface area contributed by atoms with E-state index in [-0.39, 0.29) is 5.91 Å². The van der Waals surface area contributed by atoms with Crippen LogP contribution in [0.3, 0.4) is 0 Å². The van der Waals surface area contributed by atoms with Crippen molar-refractivity contribution in [3.05, 3.63) is 72.1 Å². The van der Waals surface area contributed by atoms with Crippen molar-refractivity contribution in [2.75, 3.05) is 6.54 Å². The molecule has 0 aliphatic carbocycles. The van der Waals surface area contributed by atoms with E-state index in [1.54, 1.807) is 20.8 Å². The minimum atomic E-state index is -0.762. The van der Waals surface area contributed by atoms with Gasteiger partial charge in [-0.3, -0.25) is 4.79 Å². The van der Waals surface area contributed by atoms with Gasteiger partial charge in [-0.05, 0) is 50.5 Å². The molecule has 0 fully saturated rings. The van der Waals surface area contributed by atoms with Gasteiger partial charge in [0.05, 0.1) is 0 Å². The molecule has 4 N–H and O–H groups in total. The molecule has 33 heavy (non-hydrogen) atoms. The van der Waals surface area contributed by atoms with Crippen molar-refractivity contribution < 1.29 is 14.3 Å². The Kier molecular flexibility index (Phi) is 6.40. The number of aromatic amines is 2. The van der Waals surface area contributed by atoms with Crippen molar-refractivity contribution in [3.63, 3.8) is 0 Å². The molecule has 1 atom stereocenters. The highest BCUT2D eigenvalue weighted by molar-refractivity contribution is 5.88. The summed E-state index contributed by atoms with van der Waals surface area (Å²) in [4.78, 5) is 32.0. The van der Waals surface area contributed by atoms with Crippen LogP contribution in [0, 0.1) is 0 Å². The standard InChI is InChI=1S/C26H30N4O3/c1-26(2,3)33-25(32)30-23(14-18-16-29-22-11-7-5-9-20(18)22)24(31)27-13-12-17-15-28-21-10-6-4-8-19(17)21/h4-11,15-16,23,28-29H,12-14H2,1-3H3,(H,27,31)(H,30,32)/t23-/m1/s1. The van der Waals surface area contributed by atoms with Gasteiger partial charge in [0, 0.05) is 47.2 Å². The number of fused-ring (bicyclic) bond motifs is 2. The largest absolute Gasteiger partial charge is 0.444 e. The molecule has 2 amide bonds. The number of carbonyl (C=O) groups excluding carboxylic acids is 2. The van der Waals surface area contributed by atoms with Gasteiger partial charge in [-0.2, -0.15) is 0 Å². The molecule has 0 saturated carbocycles. The van der Waals surface area contributed by atoms with Gasteiger partial charge in [0.2, 0.25) is 5.91 Å². The molecule has 2 aromatic heterocycles. The second-order valence-corrected chi connectivity index (χ2v) is 9.16. The molecular formula is C26H30N4O3. The first kappa shape index (κ1) is 22.5. The second-order valence-electron chi connectivity index (χ2n) is 9.16. The van der Waals surface area contributed by atoms with Crippen LogP contribution in [-0.2, 0) is 22.4 Å². The normalized spacial score (nSPS) is 12.6. The predicted molar refractivity (Wildman–Crippen MR) is 130 cm³/mol. The number of ether oxygens (including phenoxy) is 1. The Morgan fingerprint density at radius 1 is 0.909 bits per heavy atom. The van der Waals surface area contributed by atoms with E-state index < -0.39 is 17.7 Å². The van der Waals surface area contributed by atoms with Gasteiger partial charge >= 0.3 is 6.09 Å². The lowest BCUT2D eigenvalue weighted by atomic mass is 10.0. The van der Waals surface area contributed by atoms with E-state index in [4.69, 9.17) is 4.74 Å². The maximum absolute atomic E-state index is 13.1. The Bertz CT molecular complexity index is 1270. The highest BCUT2D eigenvalue weighted by Crippen LogP contribution is 2.20. The van der Waals surface area contributed by atoms with Gasteiger partial charge in [0.15, 0.2) is 0 Å². The summed E-state index contributed by atoms with van der Waals surface area (Å²) >= 11 is 0. The van der Waals surface area contributed by atoms with Crippen LogP contribution in [0.4, 0.5) is 4.79 Å². The van der Waals surface area contributed by atoms with Crippen LogP contribution in [0.1, 0.15) is 31.9 Å². The van der Waals surface area contributed by atoms with Crippen LogP contribution in [0.2, 0.25) is 0 Å². The first-order valence-corrected chi connectivity index (χ1v) is 11.2. The molecule has 4 rings (SSSR count). The van der Waals surface area contributed by atoms with E-state index in [1.807, 2.05) is 54.9 Å². The number of H-pyrrole nitrogens is 2. The lowest BCUT2D eigenvalue weighted by Crippen LogP contribution is -2.49. The molecule has 0 bridgehead atoms. The van der Waals surface area contributed by atoms with Crippen LogP contribution >= 0.6 is 0 Å². The average molecular weight is 447 g/mol. The first-order chi connectivity index (χ1) is 15.8. The Balaban J connectivity index is 1.45. The number of benzene rings is 2. The summed E-state index contributed by atoms with van der Waals surface area (Å²) < 4.78 is 5.39. The maximum atomic E-state index is 13.1. The lowest BCUT2D eigenvalue weighted by molar-refractivity contribution is -0.123. The number of hydrogen-bond donors (Lipinski definition) is 4.